The molecular formula is C13H28N2O3. The Morgan fingerprint density at radius 3 is 2.00 bits per heavy atom. The zero-order valence-electron chi connectivity index (χ0n) is 12.7. The van der Waals surface area contributed by atoms with Crippen LogP contribution in [0.5, 0.6) is 0 Å². The summed E-state index contributed by atoms with van der Waals surface area (Å²) in [5, 5.41) is 2.73. The fourth-order valence-electron chi connectivity index (χ4n) is 1.47. The van der Waals surface area contributed by atoms with Gasteiger partial charge in [0.2, 0.25) is 0 Å². The highest BCUT2D eigenvalue weighted by Gasteiger charge is 2.25. The molecule has 2 atom stereocenters. The Morgan fingerprint density at radius 2 is 1.67 bits per heavy atom. The van der Waals surface area contributed by atoms with E-state index < -0.39 is 11.7 Å². The van der Waals surface area contributed by atoms with Crippen LogP contribution in [-0.2, 0) is 9.47 Å². The summed E-state index contributed by atoms with van der Waals surface area (Å²) in [5.41, 5.74) is 4.86. The van der Waals surface area contributed by atoms with Gasteiger partial charge in [-0.1, -0.05) is 0 Å². The van der Waals surface area contributed by atoms with Gasteiger partial charge in [-0.05, 0) is 48.5 Å². The molecule has 0 aliphatic rings. The lowest BCUT2D eigenvalue weighted by Gasteiger charge is -2.31. The fraction of sp³-hybridized carbons (Fsp3) is 0.923. The standard InChI is InChI=1S/C13H28N2O3/c1-9(17-12(2,3)4)10(8-14)15-11(16)18-13(5,6)7/h9-10H,8,14H2,1-7H3,(H,15,16)/t9-,10-/m1/s1. The van der Waals surface area contributed by atoms with Gasteiger partial charge in [-0.25, -0.2) is 4.79 Å². The molecule has 5 heteroatoms. The van der Waals surface area contributed by atoms with Gasteiger partial charge < -0.3 is 20.5 Å². The van der Waals surface area contributed by atoms with Gasteiger partial charge in [0, 0.05) is 6.54 Å². The lowest BCUT2D eigenvalue weighted by molar-refractivity contribution is -0.0656. The van der Waals surface area contributed by atoms with Crippen molar-refractivity contribution in [3.8, 4) is 0 Å². The van der Waals surface area contributed by atoms with Gasteiger partial charge in [0.15, 0.2) is 0 Å². The number of amides is 1. The molecule has 0 saturated heterocycles. The van der Waals surface area contributed by atoms with Gasteiger partial charge in [0.25, 0.3) is 0 Å². The van der Waals surface area contributed by atoms with E-state index in [-0.39, 0.29) is 17.7 Å². The normalized spacial score (nSPS) is 16.0. The minimum absolute atomic E-state index is 0.178. The summed E-state index contributed by atoms with van der Waals surface area (Å²) in [4.78, 5) is 11.7. The van der Waals surface area contributed by atoms with Crippen molar-refractivity contribution < 1.29 is 14.3 Å². The Hall–Kier alpha value is -0.810. The topological polar surface area (TPSA) is 73.6 Å². The molecule has 0 saturated carbocycles. The summed E-state index contributed by atoms with van der Waals surface area (Å²) in [5.74, 6) is 0. The second-order valence-electron chi connectivity index (χ2n) is 6.42. The third-order valence-corrected chi connectivity index (χ3v) is 2.06. The summed E-state index contributed by atoms with van der Waals surface area (Å²) in [7, 11) is 0. The number of carbonyl (C=O) groups is 1. The Morgan fingerprint density at radius 1 is 1.17 bits per heavy atom. The van der Waals surface area contributed by atoms with E-state index in [1.54, 1.807) is 0 Å². The van der Waals surface area contributed by atoms with Crippen LogP contribution in [0, 0.1) is 0 Å². The number of hydrogen-bond acceptors (Lipinski definition) is 4. The summed E-state index contributed by atoms with van der Waals surface area (Å²) < 4.78 is 11.0. The SMILES string of the molecule is C[C@@H](OC(C)(C)C)[C@@H](CN)NC(=O)OC(C)(C)C. The fourth-order valence-corrected chi connectivity index (χ4v) is 1.47. The molecule has 0 aromatic carbocycles. The Balaban J connectivity index is 4.38. The first-order valence-electron chi connectivity index (χ1n) is 6.32. The van der Waals surface area contributed by atoms with Crippen LogP contribution in [0.2, 0.25) is 0 Å². The molecule has 3 N–H and O–H groups in total. The van der Waals surface area contributed by atoms with Crippen molar-refractivity contribution in [1.29, 1.82) is 0 Å². The van der Waals surface area contributed by atoms with E-state index >= 15 is 0 Å². The van der Waals surface area contributed by atoms with Crippen LogP contribution < -0.4 is 11.1 Å². The van der Waals surface area contributed by atoms with Crippen LogP contribution in [0.4, 0.5) is 4.79 Å². The van der Waals surface area contributed by atoms with Gasteiger partial charge in [-0.2, -0.15) is 0 Å². The second kappa shape index (κ2) is 6.38. The zero-order chi connectivity index (χ0) is 14.6. The molecule has 5 nitrogen and oxygen atoms in total. The van der Waals surface area contributed by atoms with Gasteiger partial charge in [0.05, 0.1) is 17.7 Å². The van der Waals surface area contributed by atoms with Crippen LogP contribution in [0.1, 0.15) is 48.5 Å². The van der Waals surface area contributed by atoms with Crippen molar-refractivity contribution in [3.63, 3.8) is 0 Å². The number of alkyl carbamates (subject to hydrolysis) is 1. The van der Waals surface area contributed by atoms with Crippen LogP contribution in [0.25, 0.3) is 0 Å². The molecule has 0 aliphatic heterocycles. The summed E-state index contributed by atoms with van der Waals surface area (Å²) in [6, 6.07) is -0.265. The first-order valence-corrected chi connectivity index (χ1v) is 6.32. The first-order chi connectivity index (χ1) is 7.94. The van der Waals surface area contributed by atoms with Crippen LogP contribution >= 0.6 is 0 Å². The first kappa shape index (κ1) is 17.2. The van der Waals surface area contributed by atoms with Gasteiger partial charge in [-0.15, -0.1) is 0 Å². The molecule has 0 heterocycles. The summed E-state index contributed by atoms with van der Waals surface area (Å²) in [6.07, 6.45) is -0.648. The molecule has 0 aliphatic carbocycles. The van der Waals surface area contributed by atoms with Gasteiger partial charge >= 0.3 is 6.09 Å². The monoisotopic (exact) mass is 260 g/mol. The van der Waals surface area contributed by atoms with Gasteiger partial charge in [-0.3, -0.25) is 0 Å². The number of ether oxygens (including phenoxy) is 2. The summed E-state index contributed by atoms with van der Waals surface area (Å²) >= 11 is 0. The predicted octanol–water partition coefficient (Wildman–Crippen LogP) is 2.04. The third kappa shape index (κ3) is 8.31. The minimum Gasteiger partial charge on any atom is -0.444 e. The van der Waals surface area contributed by atoms with Crippen molar-refractivity contribution in [2.45, 2.75) is 71.8 Å². The molecule has 0 spiro atoms. The molecule has 0 fully saturated rings. The summed E-state index contributed by atoms with van der Waals surface area (Å²) in [6.45, 7) is 13.5. The number of rotatable bonds is 4. The molecule has 18 heavy (non-hydrogen) atoms. The third-order valence-electron chi connectivity index (χ3n) is 2.06. The molecule has 0 radical (unpaired) electrons. The molecule has 0 rings (SSSR count). The molecule has 1 amide bonds. The van der Waals surface area contributed by atoms with E-state index in [4.69, 9.17) is 15.2 Å². The molecule has 0 bridgehead atoms. The van der Waals surface area contributed by atoms with Crippen molar-refractivity contribution in [2.75, 3.05) is 6.54 Å². The maximum Gasteiger partial charge on any atom is 0.408 e. The van der Waals surface area contributed by atoms with E-state index in [1.807, 2.05) is 48.5 Å². The van der Waals surface area contributed by atoms with Crippen molar-refractivity contribution in [2.24, 2.45) is 5.73 Å². The molecular weight excluding hydrogens is 232 g/mol. The van der Waals surface area contributed by atoms with Crippen molar-refractivity contribution >= 4 is 6.09 Å². The predicted molar refractivity (Wildman–Crippen MR) is 72.5 cm³/mol. The van der Waals surface area contributed by atoms with Crippen molar-refractivity contribution in [3.05, 3.63) is 0 Å². The highest BCUT2D eigenvalue weighted by Crippen LogP contribution is 2.13. The van der Waals surface area contributed by atoms with E-state index in [9.17, 15) is 4.79 Å². The maximum absolute atomic E-state index is 11.7. The lowest BCUT2D eigenvalue weighted by atomic mass is 10.1. The number of nitrogens with two attached hydrogens (primary N) is 1. The van der Waals surface area contributed by atoms with Crippen LogP contribution in [-0.4, -0.2) is 36.0 Å². The van der Waals surface area contributed by atoms with E-state index in [0.717, 1.165) is 0 Å². The molecule has 0 unspecified atom stereocenters. The van der Waals surface area contributed by atoms with E-state index in [1.165, 1.54) is 0 Å². The van der Waals surface area contributed by atoms with Crippen molar-refractivity contribution in [1.82, 2.24) is 5.32 Å². The highest BCUT2D eigenvalue weighted by atomic mass is 16.6. The quantitative estimate of drug-likeness (QED) is 0.811. The lowest BCUT2D eigenvalue weighted by Crippen LogP contribution is -2.50. The van der Waals surface area contributed by atoms with Gasteiger partial charge in [0.1, 0.15) is 5.60 Å². The minimum atomic E-state index is -0.517. The van der Waals surface area contributed by atoms with Crippen LogP contribution in [0.15, 0.2) is 0 Å². The maximum atomic E-state index is 11.7. The Kier molecular flexibility index (Phi) is 6.10. The molecule has 0 aromatic rings. The number of hydrogen-bond donors (Lipinski definition) is 2. The Labute approximate surface area is 110 Å². The zero-order valence-corrected chi connectivity index (χ0v) is 12.7. The van der Waals surface area contributed by atoms with E-state index in [2.05, 4.69) is 5.32 Å². The largest absolute Gasteiger partial charge is 0.444 e. The smallest absolute Gasteiger partial charge is 0.408 e. The molecule has 0 aromatic heterocycles. The average molecular weight is 260 g/mol. The number of carbonyl (C=O) groups excluding carboxylic acids is 1. The van der Waals surface area contributed by atoms with Crippen LogP contribution in [0.3, 0.4) is 0 Å². The second-order valence-corrected chi connectivity index (χ2v) is 6.42. The number of nitrogens with one attached hydrogen (secondary N) is 1. The Bertz CT molecular complexity index is 266. The average Bonchev–Trinajstić information content (AvgIpc) is 2.07. The highest BCUT2D eigenvalue weighted by molar-refractivity contribution is 5.68. The van der Waals surface area contributed by atoms with E-state index in [0.29, 0.717) is 6.54 Å². The molecule has 108 valence electrons.